The van der Waals surface area contributed by atoms with Crippen LogP contribution in [0.1, 0.15) is 20.8 Å². The molecule has 0 radical (unpaired) electrons. The lowest BCUT2D eigenvalue weighted by atomic mass is 10.2. The fraction of sp³-hybridized carbons (Fsp3) is 0. The van der Waals surface area contributed by atoms with E-state index in [-0.39, 0.29) is 5.91 Å². The first-order valence-electron chi connectivity index (χ1n) is 5.38. The third-order valence-corrected chi connectivity index (χ3v) is 2.26. The first kappa shape index (κ1) is 12.6. The lowest BCUT2D eigenvalue weighted by molar-refractivity contribution is 0.0696. The molecular weight excluding hydrogens is 246 g/mol. The van der Waals surface area contributed by atoms with Crippen LogP contribution in [-0.4, -0.2) is 22.0 Å². The molecule has 0 fully saturated rings. The molecule has 94 valence electrons. The largest absolute Gasteiger partial charge is 0.478 e. The highest BCUT2D eigenvalue weighted by atomic mass is 16.4. The van der Waals surface area contributed by atoms with Gasteiger partial charge in [-0.3, -0.25) is 4.79 Å². The summed E-state index contributed by atoms with van der Waals surface area (Å²) in [5, 5.41) is 15.3. The predicted molar refractivity (Wildman–Crippen MR) is 66.5 cm³/mol. The monoisotopic (exact) mass is 255 g/mol. The van der Waals surface area contributed by atoms with Crippen LogP contribution in [0.25, 0.3) is 0 Å². The quantitative estimate of drug-likeness (QED) is 0.847. The van der Waals surface area contributed by atoms with E-state index < -0.39 is 5.97 Å². The first-order chi connectivity index (χ1) is 9.18. The molecule has 2 heterocycles. The average molecular weight is 255 g/mol. The Hall–Kier alpha value is -2.89. The maximum absolute atomic E-state index is 10.7. The number of pyridine rings is 1. The highest BCUT2D eigenvalue weighted by Crippen LogP contribution is 2.22. The highest BCUT2D eigenvalue weighted by Gasteiger charge is 2.16. The molecule has 1 aromatic carbocycles. The van der Waals surface area contributed by atoms with Crippen LogP contribution in [-0.2, 0) is 0 Å². The number of hydrogen-bond donors (Lipinski definition) is 1. The van der Waals surface area contributed by atoms with Crippen LogP contribution in [0.3, 0.4) is 0 Å². The van der Waals surface area contributed by atoms with Gasteiger partial charge >= 0.3 is 11.9 Å². The van der Waals surface area contributed by atoms with E-state index in [4.69, 9.17) is 5.11 Å². The molecular formula is C13H9N3O3. The number of hydrogen-bond acceptors (Lipinski definition) is 4. The first-order valence-corrected chi connectivity index (χ1v) is 5.38. The summed E-state index contributed by atoms with van der Waals surface area (Å²) >= 11 is 0. The van der Waals surface area contributed by atoms with Gasteiger partial charge in [0.05, 0.1) is 5.56 Å². The summed E-state index contributed by atoms with van der Waals surface area (Å²) in [6, 6.07) is 11.7. The topological polar surface area (TPSA) is 92.0 Å². The summed E-state index contributed by atoms with van der Waals surface area (Å²) in [5.41, 5.74) is 1.24. The number of amides is 1. The molecule has 19 heavy (non-hydrogen) atoms. The van der Waals surface area contributed by atoms with Gasteiger partial charge in [-0.2, -0.15) is 0 Å². The number of carboxylic acid groups (broad SMARTS) is 1. The molecule has 0 aliphatic carbocycles. The Morgan fingerprint density at radius 3 is 2.32 bits per heavy atom. The average Bonchev–Trinajstić information content (AvgIpc) is 2.83. The van der Waals surface area contributed by atoms with E-state index in [1.807, 2.05) is 0 Å². The van der Waals surface area contributed by atoms with Crippen molar-refractivity contribution in [2.24, 2.45) is 10.2 Å². The number of azo groups is 1. The van der Waals surface area contributed by atoms with E-state index in [9.17, 15) is 9.59 Å². The molecule has 0 bridgehead atoms. The Labute approximate surface area is 108 Å². The molecule has 0 atom stereocenters. The number of nitrogens with zero attached hydrogens (tertiary/aromatic N) is 3. The van der Waals surface area contributed by atoms with Crippen LogP contribution >= 0.6 is 0 Å². The van der Waals surface area contributed by atoms with Gasteiger partial charge in [0.2, 0.25) is 0 Å². The van der Waals surface area contributed by atoms with Crippen LogP contribution in [0.5, 0.6) is 0 Å². The zero-order valence-electron chi connectivity index (χ0n) is 9.72. The molecule has 1 aliphatic heterocycles. The summed E-state index contributed by atoms with van der Waals surface area (Å²) in [6.07, 6.45) is 1.55. The van der Waals surface area contributed by atoms with Gasteiger partial charge in [0.25, 0.3) is 0 Å². The summed E-state index contributed by atoms with van der Waals surface area (Å²) < 4.78 is 0. The SMILES string of the molecule is O=C(O)c1ccccc1.O=C1N=Nc2cccnc21. The third-order valence-electron chi connectivity index (χ3n) is 2.26. The van der Waals surface area contributed by atoms with E-state index >= 15 is 0 Å². The van der Waals surface area contributed by atoms with Crippen LogP contribution in [0, 0.1) is 0 Å². The number of carbonyl (C=O) groups excluding carboxylic acids is 1. The molecule has 0 unspecified atom stereocenters. The second kappa shape index (κ2) is 5.63. The van der Waals surface area contributed by atoms with Crippen molar-refractivity contribution in [3.8, 4) is 0 Å². The summed E-state index contributed by atoms with van der Waals surface area (Å²) in [5.74, 6) is -1.23. The minimum atomic E-state index is -0.879. The van der Waals surface area contributed by atoms with Crippen LogP contribution in [0.2, 0.25) is 0 Å². The van der Waals surface area contributed by atoms with Crippen LogP contribution in [0.15, 0.2) is 58.9 Å². The van der Waals surface area contributed by atoms with E-state index in [0.717, 1.165) is 0 Å². The lowest BCUT2D eigenvalue weighted by Gasteiger charge is -1.88. The predicted octanol–water partition coefficient (Wildman–Crippen LogP) is 2.70. The Morgan fingerprint density at radius 1 is 1.00 bits per heavy atom. The number of aromatic carboxylic acids is 1. The van der Waals surface area contributed by atoms with Crippen molar-refractivity contribution in [1.29, 1.82) is 0 Å². The van der Waals surface area contributed by atoms with Gasteiger partial charge in [0, 0.05) is 6.20 Å². The van der Waals surface area contributed by atoms with Gasteiger partial charge in [-0.15, -0.1) is 10.2 Å². The fourth-order valence-corrected chi connectivity index (χ4v) is 1.37. The zero-order valence-corrected chi connectivity index (χ0v) is 9.72. The summed E-state index contributed by atoms with van der Waals surface area (Å²) in [4.78, 5) is 24.7. The molecule has 1 amide bonds. The van der Waals surface area contributed by atoms with E-state index in [0.29, 0.717) is 16.9 Å². The van der Waals surface area contributed by atoms with Crippen LogP contribution in [0.4, 0.5) is 5.69 Å². The summed E-state index contributed by atoms with van der Waals surface area (Å²) in [7, 11) is 0. The van der Waals surface area contributed by atoms with Crippen molar-refractivity contribution in [3.05, 3.63) is 59.9 Å². The highest BCUT2D eigenvalue weighted by molar-refractivity contribution is 5.99. The molecule has 6 nitrogen and oxygen atoms in total. The van der Waals surface area contributed by atoms with Crippen molar-refractivity contribution in [2.45, 2.75) is 0 Å². The molecule has 6 heteroatoms. The van der Waals surface area contributed by atoms with Crippen molar-refractivity contribution >= 4 is 17.6 Å². The van der Waals surface area contributed by atoms with Crippen LogP contribution < -0.4 is 0 Å². The number of carboxylic acids is 1. The smallest absolute Gasteiger partial charge is 0.335 e. The van der Waals surface area contributed by atoms with Gasteiger partial charge in [-0.05, 0) is 24.3 Å². The molecule has 2 aromatic rings. The molecule has 0 spiro atoms. The van der Waals surface area contributed by atoms with Gasteiger partial charge in [-0.25, -0.2) is 9.78 Å². The van der Waals surface area contributed by atoms with E-state index in [2.05, 4.69) is 15.2 Å². The normalized spacial score (nSPS) is 11.5. The minimum absolute atomic E-state index is 0.331. The number of benzene rings is 1. The van der Waals surface area contributed by atoms with Crippen molar-refractivity contribution in [2.75, 3.05) is 0 Å². The van der Waals surface area contributed by atoms with Crippen molar-refractivity contribution in [1.82, 2.24) is 4.98 Å². The lowest BCUT2D eigenvalue weighted by Crippen LogP contribution is -1.93. The molecule has 1 N–H and O–H groups in total. The van der Waals surface area contributed by atoms with Crippen molar-refractivity contribution < 1.29 is 14.7 Å². The van der Waals surface area contributed by atoms with E-state index in [1.54, 1.807) is 48.7 Å². The maximum atomic E-state index is 10.7. The fourth-order valence-electron chi connectivity index (χ4n) is 1.37. The Balaban J connectivity index is 0.000000141. The molecule has 0 saturated carbocycles. The second-order valence-corrected chi connectivity index (χ2v) is 3.55. The van der Waals surface area contributed by atoms with E-state index in [1.165, 1.54) is 0 Å². The Kier molecular flexibility index (Phi) is 3.72. The zero-order chi connectivity index (χ0) is 13.7. The number of fused-ring (bicyclic) bond motifs is 1. The standard InChI is InChI=1S/C7H6O2.C6H3N3O/c8-7(9)6-4-2-1-3-5-6;10-6-5-4(8-9-6)2-1-3-7-5/h1-5H,(H,8,9);1-3H. The molecule has 0 saturated heterocycles. The minimum Gasteiger partial charge on any atom is -0.478 e. The maximum Gasteiger partial charge on any atom is 0.335 e. The van der Waals surface area contributed by atoms with Gasteiger partial charge in [-0.1, -0.05) is 18.2 Å². The molecule has 1 aliphatic rings. The van der Waals surface area contributed by atoms with Gasteiger partial charge in [0.1, 0.15) is 5.69 Å². The molecule has 1 aromatic heterocycles. The van der Waals surface area contributed by atoms with Gasteiger partial charge < -0.3 is 5.11 Å². The summed E-state index contributed by atoms with van der Waals surface area (Å²) in [6.45, 7) is 0. The molecule has 3 rings (SSSR count). The van der Waals surface area contributed by atoms with Crippen molar-refractivity contribution in [3.63, 3.8) is 0 Å². The Bertz CT molecular complexity index is 639. The second-order valence-electron chi connectivity index (χ2n) is 3.55. The van der Waals surface area contributed by atoms with Gasteiger partial charge in [0.15, 0.2) is 5.69 Å². The Morgan fingerprint density at radius 2 is 1.74 bits per heavy atom. The number of carbonyl (C=O) groups is 2. The third kappa shape index (κ3) is 3.06. The number of aromatic nitrogens is 1. The number of rotatable bonds is 1.